The average Bonchev–Trinajstić information content (AvgIpc) is 2.85. The van der Waals surface area contributed by atoms with Crippen molar-refractivity contribution >= 4 is 37.8 Å². The van der Waals surface area contributed by atoms with Gasteiger partial charge in [-0.25, -0.2) is 0 Å². The fourth-order valence-electron chi connectivity index (χ4n) is 4.40. The van der Waals surface area contributed by atoms with Gasteiger partial charge in [0.1, 0.15) is 0 Å². The molecule has 3 rings (SSSR count). The molecule has 4 unspecified atom stereocenters. The van der Waals surface area contributed by atoms with Crippen molar-refractivity contribution in [1.82, 2.24) is 5.32 Å². The first-order valence-electron chi connectivity index (χ1n) is 7.09. The zero-order valence-corrected chi connectivity index (χ0v) is 14.0. The van der Waals surface area contributed by atoms with Gasteiger partial charge in [0.15, 0.2) is 0 Å². The monoisotopic (exact) mass is 377 g/mol. The number of halogens is 2. The Labute approximate surface area is 126 Å². The maximum atomic E-state index is 12.5. The molecule has 2 bridgehead atoms. The maximum absolute atomic E-state index is 12.5. The molecule has 0 saturated heterocycles. The number of hydrogen-bond donors (Lipinski definition) is 1. The number of fused-ring (bicyclic) bond motifs is 5. The summed E-state index contributed by atoms with van der Waals surface area (Å²) in [4.78, 5) is 12.5. The van der Waals surface area contributed by atoms with E-state index in [9.17, 15) is 4.79 Å². The Morgan fingerprint density at radius 2 is 1.78 bits per heavy atom. The van der Waals surface area contributed by atoms with Crippen LogP contribution in [0.2, 0.25) is 0 Å². The van der Waals surface area contributed by atoms with Gasteiger partial charge in [0.05, 0.1) is 5.54 Å². The highest BCUT2D eigenvalue weighted by Gasteiger charge is 2.67. The van der Waals surface area contributed by atoms with Crippen molar-refractivity contribution in [3.63, 3.8) is 0 Å². The third-order valence-electron chi connectivity index (χ3n) is 5.61. The number of nitrogens with one attached hydrogen (secondary N) is 1. The number of amides is 1. The predicted molar refractivity (Wildman–Crippen MR) is 80.1 cm³/mol. The Hall–Kier alpha value is 0.430. The second kappa shape index (κ2) is 4.76. The van der Waals surface area contributed by atoms with Gasteiger partial charge in [-0.05, 0) is 49.4 Å². The standard InChI is InChI=1S/C14H21Br2NO/c1-2-14(6-15,7-16)17-13(18)12-10-8-3-4-9(5-8)11(10)12/h8-12H,2-7H2,1H3,(H,17,18). The molecular weight excluding hydrogens is 358 g/mol. The lowest BCUT2D eigenvalue weighted by molar-refractivity contribution is -0.124. The zero-order chi connectivity index (χ0) is 12.9. The van der Waals surface area contributed by atoms with Crippen LogP contribution in [0.25, 0.3) is 0 Å². The van der Waals surface area contributed by atoms with Crippen LogP contribution < -0.4 is 5.32 Å². The fourth-order valence-corrected chi connectivity index (χ4v) is 6.40. The summed E-state index contributed by atoms with van der Waals surface area (Å²) in [5.74, 6) is 3.90. The topological polar surface area (TPSA) is 29.1 Å². The second-order valence-electron chi connectivity index (χ2n) is 6.40. The summed E-state index contributed by atoms with van der Waals surface area (Å²) in [5, 5.41) is 4.95. The highest BCUT2D eigenvalue weighted by molar-refractivity contribution is 9.09. The minimum absolute atomic E-state index is 0.104. The molecule has 0 spiro atoms. The van der Waals surface area contributed by atoms with Gasteiger partial charge in [0.2, 0.25) is 5.91 Å². The van der Waals surface area contributed by atoms with Crippen LogP contribution in [0, 0.1) is 29.6 Å². The number of hydrogen-bond acceptors (Lipinski definition) is 1. The largest absolute Gasteiger partial charge is 0.349 e. The Kier molecular flexibility index (Phi) is 3.55. The number of carbonyl (C=O) groups excluding carboxylic acids is 1. The van der Waals surface area contributed by atoms with Crippen LogP contribution in [0.4, 0.5) is 0 Å². The van der Waals surface area contributed by atoms with Crippen LogP contribution in [0.15, 0.2) is 0 Å². The Morgan fingerprint density at radius 3 is 2.22 bits per heavy atom. The van der Waals surface area contributed by atoms with Crippen molar-refractivity contribution in [2.75, 3.05) is 10.7 Å². The first-order chi connectivity index (χ1) is 8.65. The van der Waals surface area contributed by atoms with Gasteiger partial charge in [-0.15, -0.1) is 0 Å². The van der Waals surface area contributed by atoms with E-state index in [0.717, 1.165) is 40.8 Å². The van der Waals surface area contributed by atoms with E-state index in [0.29, 0.717) is 11.8 Å². The van der Waals surface area contributed by atoms with E-state index in [1.165, 1.54) is 19.3 Å². The smallest absolute Gasteiger partial charge is 0.224 e. The molecule has 102 valence electrons. The lowest BCUT2D eigenvalue weighted by Gasteiger charge is -2.30. The third kappa shape index (κ3) is 1.90. The summed E-state index contributed by atoms with van der Waals surface area (Å²) in [5.41, 5.74) is -0.104. The molecule has 4 atom stereocenters. The van der Waals surface area contributed by atoms with Crippen molar-refractivity contribution < 1.29 is 4.79 Å². The molecule has 3 saturated carbocycles. The summed E-state index contributed by atoms with van der Waals surface area (Å²) < 4.78 is 0. The highest BCUT2D eigenvalue weighted by atomic mass is 79.9. The first-order valence-corrected chi connectivity index (χ1v) is 9.34. The summed E-state index contributed by atoms with van der Waals surface area (Å²) in [6, 6.07) is 0. The van der Waals surface area contributed by atoms with Crippen molar-refractivity contribution in [1.29, 1.82) is 0 Å². The van der Waals surface area contributed by atoms with Gasteiger partial charge in [-0.2, -0.15) is 0 Å². The van der Waals surface area contributed by atoms with Crippen molar-refractivity contribution in [2.24, 2.45) is 29.6 Å². The molecule has 1 amide bonds. The van der Waals surface area contributed by atoms with E-state index in [-0.39, 0.29) is 5.54 Å². The van der Waals surface area contributed by atoms with Crippen LogP contribution >= 0.6 is 31.9 Å². The predicted octanol–water partition coefficient (Wildman–Crippen LogP) is 3.33. The SMILES string of the molecule is CCC(CBr)(CBr)NC(=O)C1C2C3CCC(C3)C12. The molecule has 3 aliphatic carbocycles. The second-order valence-corrected chi connectivity index (χ2v) is 7.53. The van der Waals surface area contributed by atoms with E-state index in [4.69, 9.17) is 0 Å². The molecular formula is C14H21Br2NO. The minimum atomic E-state index is -0.104. The lowest BCUT2D eigenvalue weighted by atomic mass is 9.98. The summed E-state index contributed by atoms with van der Waals surface area (Å²) in [6.07, 6.45) is 5.13. The zero-order valence-electron chi connectivity index (χ0n) is 10.8. The summed E-state index contributed by atoms with van der Waals surface area (Å²) in [6.45, 7) is 2.14. The quantitative estimate of drug-likeness (QED) is 0.730. The van der Waals surface area contributed by atoms with Gasteiger partial charge in [-0.3, -0.25) is 4.79 Å². The lowest BCUT2D eigenvalue weighted by Crippen LogP contribution is -2.52. The molecule has 0 aliphatic heterocycles. The fraction of sp³-hybridized carbons (Fsp3) is 0.929. The number of alkyl halides is 2. The van der Waals surface area contributed by atoms with Gasteiger partial charge in [0.25, 0.3) is 0 Å². The van der Waals surface area contributed by atoms with Crippen molar-refractivity contribution in [2.45, 2.75) is 38.1 Å². The Bertz CT molecular complexity index is 331. The molecule has 0 radical (unpaired) electrons. The van der Waals surface area contributed by atoms with Crippen LogP contribution in [0.1, 0.15) is 32.6 Å². The molecule has 3 fully saturated rings. The summed E-state index contributed by atoms with van der Waals surface area (Å²) in [7, 11) is 0. The highest BCUT2D eigenvalue weighted by Crippen LogP contribution is 2.69. The van der Waals surface area contributed by atoms with Crippen LogP contribution in [-0.4, -0.2) is 22.1 Å². The molecule has 1 N–H and O–H groups in total. The van der Waals surface area contributed by atoms with E-state index in [1.54, 1.807) is 0 Å². The van der Waals surface area contributed by atoms with E-state index < -0.39 is 0 Å². The molecule has 3 aliphatic rings. The summed E-state index contributed by atoms with van der Waals surface area (Å²) >= 11 is 7.09. The molecule has 0 heterocycles. The molecule has 0 aromatic carbocycles. The maximum Gasteiger partial charge on any atom is 0.224 e. The van der Waals surface area contributed by atoms with Gasteiger partial charge in [-0.1, -0.05) is 38.8 Å². The average molecular weight is 379 g/mol. The molecule has 4 heteroatoms. The third-order valence-corrected chi connectivity index (χ3v) is 7.76. The van der Waals surface area contributed by atoms with Crippen LogP contribution in [0.3, 0.4) is 0 Å². The van der Waals surface area contributed by atoms with Crippen LogP contribution in [0.5, 0.6) is 0 Å². The van der Waals surface area contributed by atoms with E-state index >= 15 is 0 Å². The minimum Gasteiger partial charge on any atom is -0.349 e. The van der Waals surface area contributed by atoms with Crippen molar-refractivity contribution in [3.05, 3.63) is 0 Å². The van der Waals surface area contributed by atoms with E-state index in [2.05, 4.69) is 44.1 Å². The first kappa shape index (κ1) is 13.4. The number of rotatable bonds is 5. The molecule has 0 aromatic rings. The Balaban J connectivity index is 1.64. The Morgan fingerprint density at radius 1 is 1.22 bits per heavy atom. The normalized spacial score (nSPS) is 40.7. The van der Waals surface area contributed by atoms with Gasteiger partial charge >= 0.3 is 0 Å². The van der Waals surface area contributed by atoms with Crippen LogP contribution in [-0.2, 0) is 4.79 Å². The molecule has 0 aromatic heterocycles. The van der Waals surface area contributed by atoms with Crippen molar-refractivity contribution in [3.8, 4) is 0 Å². The molecule has 2 nitrogen and oxygen atoms in total. The van der Waals surface area contributed by atoms with Gasteiger partial charge < -0.3 is 5.32 Å². The van der Waals surface area contributed by atoms with E-state index in [1.807, 2.05) is 0 Å². The molecule has 18 heavy (non-hydrogen) atoms. The van der Waals surface area contributed by atoms with Gasteiger partial charge in [0, 0.05) is 16.6 Å². The number of carbonyl (C=O) groups is 1.